The van der Waals surface area contributed by atoms with Gasteiger partial charge in [-0.1, -0.05) is 30.2 Å². The first-order chi connectivity index (χ1) is 13.6. The van der Waals surface area contributed by atoms with Gasteiger partial charge >= 0.3 is 0 Å². The third kappa shape index (κ3) is 3.31. The molecule has 0 amide bonds. The standard InChI is InChI=1S/C21H25N4O3S/c1-5-21(15(2)26,17-11-9-16(13-22)10-12-17)25(3)20-8-6-7-19(18(20)14-23-25)24-29(4,27)28/h6-12,14-15,24,26H,5H2,1-4H3/q+1. The lowest BCUT2D eigenvalue weighted by molar-refractivity contribution is -0.00943. The molecule has 8 heteroatoms. The van der Waals surface area contributed by atoms with Gasteiger partial charge in [-0.2, -0.15) is 9.85 Å². The number of aliphatic hydroxyl groups is 1. The molecule has 7 nitrogen and oxygen atoms in total. The number of sulfonamides is 1. The summed E-state index contributed by atoms with van der Waals surface area (Å²) < 4.78 is 26.1. The minimum atomic E-state index is -3.45. The monoisotopic (exact) mass is 413 g/mol. The van der Waals surface area contributed by atoms with Crippen LogP contribution in [0.4, 0.5) is 11.4 Å². The van der Waals surface area contributed by atoms with Crippen molar-refractivity contribution in [3.8, 4) is 6.07 Å². The topological polar surface area (TPSA) is 103 Å². The zero-order chi connectivity index (χ0) is 21.4. The fraction of sp³-hybridized carbons (Fsp3) is 0.333. The van der Waals surface area contributed by atoms with Gasteiger partial charge in [0.05, 0.1) is 42.4 Å². The number of rotatable bonds is 6. The Morgan fingerprint density at radius 1 is 1.28 bits per heavy atom. The molecule has 0 spiro atoms. The van der Waals surface area contributed by atoms with E-state index >= 15 is 0 Å². The molecular formula is C21H25N4O3S+. The molecule has 2 aromatic rings. The van der Waals surface area contributed by atoms with Gasteiger partial charge < -0.3 is 5.11 Å². The van der Waals surface area contributed by atoms with Crippen molar-refractivity contribution in [3.63, 3.8) is 0 Å². The predicted octanol–water partition coefficient (Wildman–Crippen LogP) is 2.90. The number of fused-ring (bicyclic) bond motifs is 1. The van der Waals surface area contributed by atoms with E-state index < -0.39 is 21.7 Å². The second-order valence-electron chi connectivity index (χ2n) is 7.46. The molecule has 1 aliphatic heterocycles. The molecule has 0 aromatic heterocycles. The Morgan fingerprint density at radius 3 is 2.45 bits per heavy atom. The lowest BCUT2D eigenvalue weighted by atomic mass is 9.79. The first kappa shape index (κ1) is 21.0. The van der Waals surface area contributed by atoms with Crippen LogP contribution in [0.2, 0.25) is 0 Å². The van der Waals surface area contributed by atoms with Crippen molar-refractivity contribution in [1.29, 1.82) is 5.26 Å². The summed E-state index contributed by atoms with van der Waals surface area (Å²) in [6, 6.07) is 14.6. The molecule has 0 saturated carbocycles. The van der Waals surface area contributed by atoms with Gasteiger partial charge in [-0.25, -0.2) is 8.42 Å². The Morgan fingerprint density at radius 2 is 1.93 bits per heavy atom. The fourth-order valence-corrected chi connectivity index (χ4v) is 4.99. The van der Waals surface area contributed by atoms with Crippen molar-refractivity contribution >= 4 is 27.6 Å². The average molecular weight is 414 g/mol. The Balaban J connectivity index is 2.23. The largest absolute Gasteiger partial charge is 0.386 e. The van der Waals surface area contributed by atoms with E-state index in [4.69, 9.17) is 10.4 Å². The number of aliphatic hydroxyl groups excluding tert-OH is 1. The molecule has 3 rings (SSSR count). The minimum Gasteiger partial charge on any atom is -0.386 e. The summed E-state index contributed by atoms with van der Waals surface area (Å²) >= 11 is 0. The van der Waals surface area contributed by atoms with Crippen LogP contribution in [0.25, 0.3) is 0 Å². The highest BCUT2D eigenvalue weighted by Crippen LogP contribution is 2.49. The van der Waals surface area contributed by atoms with E-state index in [1.165, 1.54) is 0 Å². The quantitative estimate of drug-likeness (QED) is 0.711. The fourth-order valence-electron chi connectivity index (χ4n) is 4.41. The number of quaternary nitrogens is 1. The number of benzene rings is 2. The maximum absolute atomic E-state index is 11.8. The molecule has 1 heterocycles. The Bertz CT molecular complexity index is 1100. The van der Waals surface area contributed by atoms with Gasteiger partial charge in [0.1, 0.15) is 6.10 Å². The second-order valence-corrected chi connectivity index (χ2v) is 9.21. The van der Waals surface area contributed by atoms with Gasteiger partial charge in [-0.15, -0.1) is 0 Å². The Hall–Kier alpha value is -2.73. The summed E-state index contributed by atoms with van der Waals surface area (Å²) in [5.41, 5.74) is 2.46. The summed E-state index contributed by atoms with van der Waals surface area (Å²) in [6.45, 7) is 3.72. The molecule has 3 atom stereocenters. The van der Waals surface area contributed by atoms with Crippen LogP contribution in [0.1, 0.15) is 37.0 Å². The number of nitrogens with zero attached hydrogens (tertiary/aromatic N) is 3. The first-order valence-electron chi connectivity index (χ1n) is 9.31. The zero-order valence-electron chi connectivity index (χ0n) is 16.9. The SMILES string of the molecule is CCC(c1ccc(C#N)cc1)(C(C)O)[N+]1(C)N=Cc2c(NS(C)(=O)=O)cccc21. The number of nitriles is 1. The Labute approximate surface area is 171 Å². The third-order valence-electron chi connectivity index (χ3n) is 5.79. The molecule has 0 fully saturated rings. The van der Waals surface area contributed by atoms with Crippen molar-refractivity contribution in [1.82, 2.24) is 4.59 Å². The molecule has 2 N–H and O–H groups in total. The lowest BCUT2D eigenvalue weighted by Gasteiger charge is -2.46. The molecule has 1 aliphatic rings. The van der Waals surface area contributed by atoms with Gasteiger partial charge in [-0.3, -0.25) is 4.72 Å². The molecule has 0 aliphatic carbocycles. The molecule has 0 bridgehead atoms. The molecule has 2 aromatic carbocycles. The Kier molecular flexibility index (Phi) is 5.26. The van der Waals surface area contributed by atoms with Crippen molar-refractivity contribution in [2.24, 2.45) is 5.10 Å². The maximum Gasteiger partial charge on any atom is 0.229 e. The molecule has 29 heavy (non-hydrogen) atoms. The summed E-state index contributed by atoms with van der Waals surface area (Å²) in [7, 11) is -1.55. The lowest BCUT2D eigenvalue weighted by Crippen LogP contribution is -2.62. The second kappa shape index (κ2) is 7.26. The molecule has 0 saturated heterocycles. The van der Waals surface area contributed by atoms with E-state index in [0.29, 0.717) is 23.2 Å². The van der Waals surface area contributed by atoms with Crippen molar-refractivity contribution in [2.45, 2.75) is 31.9 Å². The van der Waals surface area contributed by atoms with Crippen LogP contribution in [0, 0.1) is 11.3 Å². The van der Waals surface area contributed by atoms with E-state index in [1.54, 1.807) is 37.4 Å². The molecule has 152 valence electrons. The first-order valence-corrected chi connectivity index (χ1v) is 11.2. The summed E-state index contributed by atoms with van der Waals surface area (Å²) in [4.78, 5) is 0. The molecule has 0 radical (unpaired) electrons. The highest BCUT2D eigenvalue weighted by Gasteiger charge is 2.57. The van der Waals surface area contributed by atoms with E-state index in [9.17, 15) is 13.5 Å². The van der Waals surface area contributed by atoms with E-state index in [1.807, 2.05) is 32.2 Å². The van der Waals surface area contributed by atoms with Gasteiger partial charge in [0.15, 0.2) is 11.2 Å². The van der Waals surface area contributed by atoms with Crippen LogP contribution in [0.5, 0.6) is 0 Å². The summed E-state index contributed by atoms with van der Waals surface area (Å²) in [5, 5.41) is 24.9. The number of nitrogens with one attached hydrogen (secondary N) is 1. The van der Waals surface area contributed by atoms with Crippen LogP contribution in [0.3, 0.4) is 0 Å². The van der Waals surface area contributed by atoms with Gasteiger partial charge in [0.25, 0.3) is 0 Å². The summed E-state index contributed by atoms with van der Waals surface area (Å²) in [6.07, 6.45) is 2.54. The smallest absolute Gasteiger partial charge is 0.229 e. The van der Waals surface area contributed by atoms with E-state index in [-0.39, 0.29) is 4.59 Å². The maximum atomic E-state index is 11.8. The predicted molar refractivity (Wildman–Crippen MR) is 115 cm³/mol. The van der Waals surface area contributed by atoms with Crippen LogP contribution < -0.4 is 9.31 Å². The van der Waals surface area contributed by atoms with E-state index in [2.05, 4.69) is 10.8 Å². The third-order valence-corrected chi connectivity index (χ3v) is 6.38. The highest BCUT2D eigenvalue weighted by atomic mass is 32.2. The number of anilines is 1. The minimum absolute atomic E-state index is 0.0294. The summed E-state index contributed by atoms with van der Waals surface area (Å²) in [5.74, 6) is 0. The van der Waals surface area contributed by atoms with Crippen LogP contribution in [-0.2, 0) is 15.6 Å². The number of hydrogen-bond donors (Lipinski definition) is 2. The van der Waals surface area contributed by atoms with Gasteiger partial charge in [-0.05, 0) is 25.1 Å². The van der Waals surface area contributed by atoms with Crippen molar-refractivity contribution in [2.75, 3.05) is 18.0 Å². The highest BCUT2D eigenvalue weighted by molar-refractivity contribution is 7.92. The van der Waals surface area contributed by atoms with Crippen LogP contribution in [0.15, 0.2) is 47.6 Å². The molecule has 3 unspecified atom stereocenters. The van der Waals surface area contributed by atoms with E-state index in [0.717, 1.165) is 17.5 Å². The average Bonchev–Trinajstić information content (AvgIpc) is 3.01. The normalized spacial score (nSPS) is 21.1. The van der Waals surface area contributed by atoms with Gasteiger partial charge in [0.2, 0.25) is 10.0 Å². The van der Waals surface area contributed by atoms with Crippen molar-refractivity contribution in [3.05, 3.63) is 59.2 Å². The number of likely N-dealkylation sites (N-methyl/N-ethyl adjacent to an activating group) is 1. The number of hydrogen-bond acceptors (Lipinski definition) is 5. The van der Waals surface area contributed by atoms with Gasteiger partial charge in [0, 0.05) is 18.1 Å². The van der Waals surface area contributed by atoms with Crippen molar-refractivity contribution < 1.29 is 13.5 Å². The van der Waals surface area contributed by atoms with Crippen LogP contribution >= 0.6 is 0 Å². The van der Waals surface area contributed by atoms with Crippen LogP contribution in [-0.4, -0.2) is 39.1 Å². The zero-order valence-corrected chi connectivity index (χ0v) is 17.7. The molecular weight excluding hydrogens is 388 g/mol.